The van der Waals surface area contributed by atoms with Crippen LogP contribution in [0.1, 0.15) is 33.6 Å². The van der Waals surface area contributed by atoms with Crippen molar-refractivity contribution in [3.63, 3.8) is 0 Å². The Hall–Kier alpha value is -0.380. The number of rotatable bonds is 4. The Labute approximate surface area is 85.7 Å². The van der Waals surface area contributed by atoms with E-state index in [1.54, 1.807) is 6.08 Å². The van der Waals surface area contributed by atoms with Crippen molar-refractivity contribution in [1.82, 2.24) is 0 Å². The zero-order valence-corrected chi connectivity index (χ0v) is 9.25. The van der Waals surface area contributed by atoms with Gasteiger partial charge in [0, 0.05) is 0 Å². The van der Waals surface area contributed by atoms with Crippen LogP contribution in [0.25, 0.3) is 0 Å². The lowest BCUT2D eigenvalue weighted by Crippen LogP contribution is -2.43. The van der Waals surface area contributed by atoms with E-state index in [9.17, 15) is 5.11 Å². The first-order valence-electron chi connectivity index (χ1n) is 5.08. The molecule has 1 N–H and O–H groups in total. The van der Waals surface area contributed by atoms with Crippen LogP contribution in [0.15, 0.2) is 12.7 Å². The molecule has 1 saturated heterocycles. The molecule has 3 heteroatoms. The summed E-state index contributed by atoms with van der Waals surface area (Å²) in [6, 6.07) is 0. The lowest BCUT2D eigenvalue weighted by atomic mass is 9.90. The molecule has 14 heavy (non-hydrogen) atoms. The van der Waals surface area contributed by atoms with Crippen molar-refractivity contribution in [1.29, 1.82) is 0 Å². The van der Waals surface area contributed by atoms with Crippen LogP contribution in [0, 0.1) is 0 Å². The second-order valence-electron chi connectivity index (χ2n) is 4.27. The Morgan fingerprint density at radius 2 is 2.29 bits per heavy atom. The summed E-state index contributed by atoms with van der Waals surface area (Å²) in [6.45, 7) is 9.75. The normalized spacial score (nSPS) is 29.9. The summed E-state index contributed by atoms with van der Waals surface area (Å²) in [6.07, 6.45) is 2.65. The molecule has 0 aromatic rings. The van der Waals surface area contributed by atoms with E-state index >= 15 is 0 Å². The Morgan fingerprint density at radius 3 is 2.64 bits per heavy atom. The quantitative estimate of drug-likeness (QED) is 0.704. The molecule has 3 nitrogen and oxygen atoms in total. The minimum atomic E-state index is -0.838. The number of hydrogen-bond acceptors (Lipinski definition) is 3. The third-order valence-electron chi connectivity index (χ3n) is 2.72. The van der Waals surface area contributed by atoms with Crippen LogP contribution in [0.3, 0.4) is 0 Å². The molecule has 0 aliphatic carbocycles. The van der Waals surface area contributed by atoms with Crippen LogP contribution in [0.4, 0.5) is 0 Å². The Kier molecular flexibility index (Phi) is 3.35. The molecule has 0 saturated carbocycles. The van der Waals surface area contributed by atoms with E-state index < -0.39 is 11.4 Å². The summed E-state index contributed by atoms with van der Waals surface area (Å²) in [7, 11) is 0. The van der Waals surface area contributed by atoms with Gasteiger partial charge in [0.2, 0.25) is 0 Å². The van der Waals surface area contributed by atoms with E-state index in [-0.39, 0.29) is 6.10 Å². The predicted octanol–water partition coefficient (Wildman–Crippen LogP) is 1.86. The summed E-state index contributed by atoms with van der Waals surface area (Å²) >= 11 is 0. The molecule has 0 aromatic heterocycles. The van der Waals surface area contributed by atoms with Crippen molar-refractivity contribution in [3.05, 3.63) is 12.7 Å². The zero-order valence-electron chi connectivity index (χ0n) is 9.25. The van der Waals surface area contributed by atoms with Crippen LogP contribution in [-0.2, 0) is 9.47 Å². The molecular weight excluding hydrogens is 180 g/mol. The highest BCUT2D eigenvalue weighted by Gasteiger charge is 2.44. The SMILES string of the molecule is C=CC[C@@](O)(CC)[C@H]1COC(C)(C)O1. The molecule has 0 unspecified atom stereocenters. The Balaban J connectivity index is 2.67. The topological polar surface area (TPSA) is 38.7 Å². The third kappa shape index (κ3) is 2.35. The van der Waals surface area contributed by atoms with E-state index in [4.69, 9.17) is 9.47 Å². The van der Waals surface area contributed by atoms with Gasteiger partial charge in [0.1, 0.15) is 6.10 Å². The molecule has 1 heterocycles. The number of ether oxygens (including phenoxy) is 2. The van der Waals surface area contributed by atoms with E-state index in [1.807, 2.05) is 20.8 Å². The summed E-state index contributed by atoms with van der Waals surface area (Å²) in [4.78, 5) is 0. The van der Waals surface area contributed by atoms with Gasteiger partial charge in [0.25, 0.3) is 0 Å². The molecule has 0 spiro atoms. The second kappa shape index (κ2) is 4.01. The van der Waals surface area contributed by atoms with Gasteiger partial charge in [0.15, 0.2) is 5.79 Å². The maximum absolute atomic E-state index is 10.3. The van der Waals surface area contributed by atoms with Gasteiger partial charge in [-0.1, -0.05) is 13.0 Å². The number of aliphatic hydroxyl groups is 1. The average Bonchev–Trinajstić information content (AvgIpc) is 2.47. The maximum atomic E-state index is 10.3. The second-order valence-corrected chi connectivity index (χ2v) is 4.27. The van der Waals surface area contributed by atoms with Crippen molar-refractivity contribution >= 4 is 0 Å². The highest BCUT2D eigenvalue weighted by molar-refractivity contribution is 4.95. The van der Waals surface area contributed by atoms with Crippen molar-refractivity contribution in [3.8, 4) is 0 Å². The summed E-state index contributed by atoms with van der Waals surface area (Å²) in [5.74, 6) is -0.574. The first kappa shape index (κ1) is 11.7. The van der Waals surface area contributed by atoms with Gasteiger partial charge in [0.05, 0.1) is 12.2 Å². The van der Waals surface area contributed by atoms with Gasteiger partial charge in [-0.25, -0.2) is 0 Å². The molecule has 1 rings (SSSR count). The van der Waals surface area contributed by atoms with E-state index in [1.165, 1.54) is 0 Å². The molecule has 0 amide bonds. The average molecular weight is 200 g/mol. The Bertz CT molecular complexity index is 213. The lowest BCUT2D eigenvalue weighted by molar-refractivity contribution is -0.170. The molecule has 1 aliphatic heterocycles. The standard InChI is InChI=1S/C11H20O3/c1-5-7-11(12,6-2)9-8-13-10(3,4)14-9/h5,9,12H,1,6-8H2,2-4H3/t9-,11+/m1/s1. The van der Waals surface area contributed by atoms with E-state index in [0.29, 0.717) is 19.4 Å². The highest BCUT2D eigenvalue weighted by atomic mass is 16.7. The van der Waals surface area contributed by atoms with Gasteiger partial charge in [-0.05, 0) is 26.7 Å². The number of hydrogen-bond donors (Lipinski definition) is 1. The van der Waals surface area contributed by atoms with Gasteiger partial charge >= 0.3 is 0 Å². The molecule has 2 atom stereocenters. The van der Waals surface area contributed by atoms with Crippen LogP contribution >= 0.6 is 0 Å². The first-order chi connectivity index (χ1) is 6.43. The molecule has 0 radical (unpaired) electrons. The minimum Gasteiger partial charge on any atom is -0.387 e. The zero-order chi connectivity index (χ0) is 10.8. The van der Waals surface area contributed by atoms with Crippen molar-refractivity contribution in [2.24, 2.45) is 0 Å². The van der Waals surface area contributed by atoms with Gasteiger partial charge in [-0.2, -0.15) is 0 Å². The van der Waals surface area contributed by atoms with Crippen LogP contribution in [0.5, 0.6) is 0 Å². The third-order valence-corrected chi connectivity index (χ3v) is 2.72. The van der Waals surface area contributed by atoms with Crippen molar-refractivity contribution < 1.29 is 14.6 Å². The fraction of sp³-hybridized carbons (Fsp3) is 0.818. The van der Waals surface area contributed by atoms with Gasteiger partial charge in [-0.15, -0.1) is 6.58 Å². The molecule has 0 aromatic carbocycles. The summed E-state index contributed by atoms with van der Waals surface area (Å²) in [5.41, 5.74) is -0.838. The summed E-state index contributed by atoms with van der Waals surface area (Å²) in [5, 5.41) is 10.3. The van der Waals surface area contributed by atoms with Crippen LogP contribution in [0.2, 0.25) is 0 Å². The van der Waals surface area contributed by atoms with E-state index in [2.05, 4.69) is 6.58 Å². The van der Waals surface area contributed by atoms with Gasteiger partial charge in [-0.3, -0.25) is 0 Å². The van der Waals surface area contributed by atoms with E-state index in [0.717, 1.165) is 0 Å². The fourth-order valence-electron chi connectivity index (χ4n) is 1.71. The first-order valence-corrected chi connectivity index (χ1v) is 5.08. The Morgan fingerprint density at radius 1 is 1.64 bits per heavy atom. The van der Waals surface area contributed by atoms with Crippen molar-refractivity contribution in [2.45, 2.75) is 51.1 Å². The smallest absolute Gasteiger partial charge is 0.163 e. The minimum absolute atomic E-state index is 0.250. The van der Waals surface area contributed by atoms with Crippen LogP contribution in [-0.4, -0.2) is 29.2 Å². The lowest BCUT2D eigenvalue weighted by Gasteiger charge is -2.31. The van der Waals surface area contributed by atoms with Crippen molar-refractivity contribution in [2.75, 3.05) is 6.61 Å². The fourth-order valence-corrected chi connectivity index (χ4v) is 1.71. The maximum Gasteiger partial charge on any atom is 0.163 e. The molecule has 1 fully saturated rings. The predicted molar refractivity (Wildman–Crippen MR) is 55.0 cm³/mol. The molecular formula is C11H20O3. The highest BCUT2D eigenvalue weighted by Crippen LogP contribution is 2.32. The molecule has 0 bridgehead atoms. The van der Waals surface area contributed by atoms with Crippen LogP contribution < -0.4 is 0 Å². The monoisotopic (exact) mass is 200 g/mol. The molecule has 1 aliphatic rings. The summed E-state index contributed by atoms with van der Waals surface area (Å²) < 4.78 is 11.1. The molecule has 82 valence electrons. The largest absolute Gasteiger partial charge is 0.387 e. The van der Waals surface area contributed by atoms with Gasteiger partial charge < -0.3 is 14.6 Å².